The van der Waals surface area contributed by atoms with E-state index in [1.807, 2.05) is 6.07 Å². The molecule has 0 spiro atoms. The molecule has 0 aliphatic heterocycles. The van der Waals surface area contributed by atoms with E-state index in [9.17, 15) is 0 Å². The number of aliphatic imine (C=N–C) groups is 1. The van der Waals surface area contributed by atoms with Crippen molar-refractivity contribution in [2.45, 2.75) is 20.3 Å². The van der Waals surface area contributed by atoms with E-state index >= 15 is 0 Å². The zero-order valence-corrected chi connectivity index (χ0v) is 31.7. The van der Waals surface area contributed by atoms with Crippen LogP contribution in [0.4, 0.5) is 0 Å². The molecule has 56 heavy (non-hydrogen) atoms. The Balaban J connectivity index is 1.20. The molecule has 2 nitrogen and oxygen atoms in total. The van der Waals surface area contributed by atoms with Crippen LogP contribution in [0.5, 0.6) is 0 Å². The van der Waals surface area contributed by atoms with E-state index in [-0.39, 0.29) is 0 Å². The second-order valence-electron chi connectivity index (χ2n) is 14.3. The van der Waals surface area contributed by atoms with Crippen molar-refractivity contribution in [3.63, 3.8) is 0 Å². The molecule has 0 saturated carbocycles. The lowest BCUT2D eigenvalue weighted by atomic mass is 9.78. The highest BCUT2D eigenvalue weighted by molar-refractivity contribution is 6.15. The van der Waals surface area contributed by atoms with Crippen molar-refractivity contribution >= 4 is 34.5 Å². The van der Waals surface area contributed by atoms with Crippen LogP contribution in [0.15, 0.2) is 199 Å². The lowest BCUT2D eigenvalue weighted by Gasteiger charge is -2.30. The number of hydrogen-bond acceptors (Lipinski definition) is 1. The molecule has 9 rings (SSSR count). The largest absolute Gasteiger partial charge is 0.309 e. The molecule has 1 heterocycles. The molecule has 0 N–H and O–H groups in total. The summed E-state index contributed by atoms with van der Waals surface area (Å²) < 4.78 is 2.49. The normalized spacial score (nSPS) is 16.5. The molecule has 0 unspecified atom stereocenters. The number of aryl methyl sites for hydroxylation is 1. The molecule has 0 atom stereocenters. The smallest absolute Gasteiger partial charge is 0.0781 e. The first kappa shape index (κ1) is 34.7. The van der Waals surface area contributed by atoms with Crippen LogP contribution in [0, 0.1) is 6.92 Å². The van der Waals surface area contributed by atoms with Gasteiger partial charge in [-0.1, -0.05) is 182 Å². The minimum atomic E-state index is 0.945. The van der Waals surface area contributed by atoms with E-state index in [0.717, 1.165) is 34.5 Å². The number of hydrogen-bond donors (Lipinski definition) is 0. The lowest BCUT2D eigenvalue weighted by molar-refractivity contribution is 1.00. The molecule has 268 valence electrons. The van der Waals surface area contributed by atoms with E-state index in [1.54, 1.807) is 0 Å². The minimum Gasteiger partial charge on any atom is -0.309 e. The molecule has 2 bridgehead atoms. The lowest BCUT2D eigenvalue weighted by Crippen LogP contribution is -2.14. The van der Waals surface area contributed by atoms with Crippen molar-refractivity contribution in [3.8, 4) is 27.9 Å². The van der Waals surface area contributed by atoms with Gasteiger partial charge in [0.2, 0.25) is 0 Å². The van der Waals surface area contributed by atoms with Gasteiger partial charge in [0.1, 0.15) is 0 Å². The van der Waals surface area contributed by atoms with Gasteiger partial charge in [0.25, 0.3) is 0 Å². The monoisotopic (exact) mass is 718 g/mol. The van der Waals surface area contributed by atoms with Crippen LogP contribution >= 0.6 is 0 Å². The minimum absolute atomic E-state index is 0.945. The molecule has 2 aliphatic carbocycles. The summed E-state index contributed by atoms with van der Waals surface area (Å²) in [4.78, 5) is 5.31. The average molecular weight is 719 g/mol. The number of allylic oxidation sites excluding steroid dienone is 9. The van der Waals surface area contributed by atoms with Crippen molar-refractivity contribution in [2.24, 2.45) is 4.99 Å². The van der Waals surface area contributed by atoms with Crippen LogP contribution in [0.3, 0.4) is 0 Å². The predicted molar refractivity (Wildman–Crippen MR) is 239 cm³/mol. The molecule has 6 aromatic carbocycles. The van der Waals surface area contributed by atoms with Gasteiger partial charge >= 0.3 is 0 Å². The van der Waals surface area contributed by atoms with Gasteiger partial charge in [-0.15, -0.1) is 0 Å². The van der Waals surface area contributed by atoms with Crippen molar-refractivity contribution in [3.05, 3.63) is 239 Å². The molecule has 2 aliphatic rings. The van der Waals surface area contributed by atoms with Gasteiger partial charge < -0.3 is 4.57 Å². The van der Waals surface area contributed by atoms with Crippen LogP contribution in [0.1, 0.15) is 51.6 Å². The Labute approximate surface area is 329 Å². The summed E-state index contributed by atoms with van der Waals surface area (Å²) >= 11 is 0. The fourth-order valence-electron chi connectivity index (χ4n) is 8.07. The summed E-state index contributed by atoms with van der Waals surface area (Å²) in [6.07, 6.45) is 24.3. The Hall–Kier alpha value is -7.03. The summed E-state index contributed by atoms with van der Waals surface area (Å²) in [6.45, 7) is 4.30. The summed E-state index contributed by atoms with van der Waals surface area (Å²) in [5.41, 5.74) is 19.1. The van der Waals surface area contributed by atoms with E-state index in [2.05, 4.69) is 219 Å². The van der Waals surface area contributed by atoms with Crippen molar-refractivity contribution < 1.29 is 0 Å². The Morgan fingerprint density at radius 1 is 0.589 bits per heavy atom. The second kappa shape index (κ2) is 15.4. The van der Waals surface area contributed by atoms with E-state index in [1.165, 1.54) is 66.8 Å². The first-order chi connectivity index (χ1) is 27.7. The molecule has 0 fully saturated rings. The third-order valence-electron chi connectivity index (χ3n) is 10.8. The highest BCUT2D eigenvalue weighted by atomic mass is 15.0. The van der Waals surface area contributed by atoms with Gasteiger partial charge in [-0.25, -0.2) is 4.99 Å². The van der Waals surface area contributed by atoms with Crippen molar-refractivity contribution in [1.82, 2.24) is 4.57 Å². The standard InChI is InChI=1S/C54H42N2/c1-3-49(40-23-15-11-16-24-40)55-54(41-25-17-12-18-26-41)44-30-32-45(38(2)35-44)53-43-31-34-51(48(53)36-43)56-50-28-20-9-7-5-4-6-8-19-27-46(50)47-33-29-42(37-52(47)56)39-21-13-10-14-22-39/h3-35,37H,36H2,1-2H3/b5-4-,6-4?,7-5?,8-6+,9-7-,19-8?,20-9?,27-19+,28-20-,46-27?,49-3-,50-28?,55-54-. The Kier molecular flexibility index (Phi) is 9.53. The first-order valence-electron chi connectivity index (χ1n) is 19.4. The third kappa shape index (κ3) is 6.56. The number of rotatable bonds is 7. The number of nitrogens with zero attached hydrogens (tertiary/aromatic N) is 2. The van der Waals surface area contributed by atoms with E-state index in [0.29, 0.717) is 0 Å². The molecule has 7 aromatic rings. The summed E-state index contributed by atoms with van der Waals surface area (Å²) in [6, 6.07) is 50.1. The SMILES string of the molecule is C/C=C(\N=C(\c1ccccc1)c1ccc(-c2c3ccc(-n4c5c(c6ccc(-c7ccccc7)cc64)/C=C/C=C/C=C\C=C/C=C\5)c2C3)c(C)c1)c1ccccc1. The second-order valence-corrected chi connectivity index (χ2v) is 14.3. The van der Waals surface area contributed by atoms with Crippen molar-refractivity contribution in [1.29, 1.82) is 0 Å². The Morgan fingerprint density at radius 3 is 1.93 bits per heavy atom. The fraction of sp³-hybridized carbons (Fsp3) is 0.0556. The highest BCUT2D eigenvalue weighted by Gasteiger charge is 2.28. The van der Waals surface area contributed by atoms with Gasteiger partial charge in [-0.3, -0.25) is 0 Å². The van der Waals surface area contributed by atoms with Crippen molar-refractivity contribution in [2.75, 3.05) is 0 Å². The van der Waals surface area contributed by atoms with Crippen LogP contribution in [0.2, 0.25) is 0 Å². The molecular formula is C54H42N2. The molecule has 2 heteroatoms. The summed E-state index contributed by atoms with van der Waals surface area (Å²) in [7, 11) is 0. The van der Waals surface area contributed by atoms with Gasteiger partial charge in [-0.2, -0.15) is 0 Å². The van der Waals surface area contributed by atoms with E-state index in [4.69, 9.17) is 4.99 Å². The van der Waals surface area contributed by atoms with Crippen LogP contribution < -0.4 is 0 Å². The molecule has 1 aromatic heterocycles. The van der Waals surface area contributed by atoms with Crippen LogP contribution in [0.25, 0.3) is 56.7 Å². The van der Waals surface area contributed by atoms with Gasteiger partial charge in [0, 0.05) is 28.5 Å². The average Bonchev–Trinajstić information content (AvgIpc) is 3.54. The van der Waals surface area contributed by atoms with Crippen LogP contribution in [-0.2, 0) is 6.42 Å². The van der Waals surface area contributed by atoms with Gasteiger partial charge in [0.05, 0.1) is 28.3 Å². The summed E-state index contributed by atoms with van der Waals surface area (Å²) in [5, 5.41) is 1.23. The maximum atomic E-state index is 5.31. The zero-order chi connectivity index (χ0) is 37.8. The molecule has 0 saturated heterocycles. The highest BCUT2D eigenvalue weighted by Crippen LogP contribution is 2.46. The predicted octanol–water partition coefficient (Wildman–Crippen LogP) is 13.8. The number of fused-ring (bicyclic) bond motifs is 5. The first-order valence-corrected chi connectivity index (χ1v) is 19.4. The fourth-order valence-corrected chi connectivity index (χ4v) is 8.07. The summed E-state index contributed by atoms with van der Waals surface area (Å²) in [5.74, 6) is 0. The molecule has 0 radical (unpaired) electrons. The quantitative estimate of drug-likeness (QED) is 0.146. The van der Waals surface area contributed by atoms with Crippen LogP contribution in [-0.4, -0.2) is 10.3 Å². The molecule has 0 amide bonds. The number of aromatic nitrogens is 1. The Bertz CT molecular complexity index is 2800. The zero-order valence-electron chi connectivity index (χ0n) is 31.7. The van der Waals surface area contributed by atoms with Gasteiger partial charge in [0.15, 0.2) is 0 Å². The van der Waals surface area contributed by atoms with E-state index < -0.39 is 0 Å². The topological polar surface area (TPSA) is 17.3 Å². The third-order valence-corrected chi connectivity index (χ3v) is 10.8. The maximum absolute atomic E-state index is 5.31. The Morgan fingerprint density at radius 2 is 1.25 bits per heavy atom. The number of benzene rings is 6. The van der Waals surface area contributed by atoms with Gasteiger partial charge in [-0.05, 0) is 82.6 Å². The molecular weight excluding hydrogens is 677 g/mol. The maximum Gasteiger partial charge on any atom is 0.0781 e.